The van der Waals surface area contributed by atoms with Gasteiger partial charge in [-0.25, -0.2) is 4.98 Å². The molecule has 0 atom stereocenters. The van der Waals surface area contributed by atoms with E-state index in [1.807, 2.05) is 0 Å². The van der Waals surface area contributed by atoms with Gasteiger partial charge in [-0.15, -0.1) is 11.3 Å². The van der Waals surface area contributed by atoms with E-state index in [1.54, 1.807) is 11.3 Å². The Morgan fingerprint density at radius 2 is 2.07 bits per heavy atom. The Morgan fingerprint density at radius 3 is 2.67 bits per heavy atom. The summed E-state index contributed by atoms with van der Waals surface area (Å²) >= 11 is 1.75. The molecule has 0 radical (unpaired) electrons. The van der Waals surface area contributed by atoms with Crippen LogP contribution < -0.4 is 5.32 Å². The monoisotopic (exact) mass is 224 g/mol. The van der Waals surface area contributed by atoms with Gasteiger partial charge in [-0.1, -0.05) is 32.6 Å². The van der Waals surface area contributed by atoms with E-state index in [0.29, 0.717) is 6.04 Å². The Kier molecular flexibility index (Phi) is 4.01. The van der Waals surface area contributed by atoms with Crippen molar-refractivity contribution in [3.63, 3.8) is 0 Å². The number of aryl methyl sites for hydroxylation is 1. The zero-order chi connectivity index (χ0) is 10.5. The Bertz CT molecular complexity index is 288. The Hall–Kier alpha value is -0.570. The van der Waals surface area contributed by atoms with E-state index < -0.39 is 0 Å². The third-order valence-electron chi connectivity index (χ3n) is 3.10. The average Bonchev–Trinajstić information content (AvgIpc) is 2.54. The number of nitrogens with one attached hydrogen (secondary N) is 1. The summed E-state index contributed by atoms with van der Waals surface area (Å²) in [4.78, 5) is 4.56. The molecule has 15 heavy (non-hydrogen) atoms. The van der Waals surface area contributed by atoms with Gasteiger partial charge in [-0.05, 0) is 19.3 Å². The molecule has 1 aliphatic rings. The van der Waals surface area contributed by atoms with Crippen LogP contribution in [0.15, 0.2) is 5.38 Å². The van der Waals surface area contributed by atoms with Gasteiger partial charge < -0.3 is 5.32 Å². The summed E-state index contributed by atoms with van der Waals surface area (Å²) in [6.07, 6.45) is 9.27. The molecule has 1 saturated carbocycles. The topological polar surface area (TPSA) is 24.9 Å². The molecule has 2 nitrogen and oxygen atoms in total. The highest BCUT2D eigenvalue weighted by atomic mass is 32.1. The van der Waals surface area contributed by atoms with Gasteiger partial charge in [0.05, 0.1) is 5.69 Å². The lowest BCUT2D eigenvalue weighted by Gasteiger charge is -2.14. The summed E-state index contributed by atoms with van der Waals surface area (Å²) in [7, 11) is 0. The predicted octanol–water partition coefficient (Wildman–Crippen LogP) is 3.84. The molecule has 1 aromatic rings. The highest BCUT2D eigenvalue weighted by Gasteiger charge is 2.13. The summed E-state index contributed by atoms with van der Waals surface area (Å²) in [6.45, 7) is 2.16. The predicted molar refractivity (Wildman–Crippen MR) is 66.6 cm³/mol. The standard InChI is InChI=1S/C12H20N2S/c1-2-10-9-15-12(13-10)14-11-7-5-3-4-6-8-11/h9,11H,2-8H2,1H3,(H,13,14). The number of thiazole rings is 1. The highest BCUT2D eigenvalue weighted by Crippen LogP contribution is 2.23. The van der Waals surface area contributed by atoms with Crippen LogP contribution in [0.1, 0.15) is 51.1 Å². The second-order valence-corrected chi connectivity index (χ2v) is 5.19. The maximum atomic E-state index is 4.56. The summed E-state index contributed by atoms with van der Waals surface area (Å²) in [5.74, 6) is 0. The molecule has 0 unspecified atom stereocenters. The highest BCUT2D eigenvalue weighted by molar-refractivity contribution is 7.13. The minimum Gasteiger partial charge on any atom is -0.359 e. The first-order chi connectivity index (χ1) is 7.38. The van der Waals surface area contributed by atoms with E-state index in [-0.39, 0.29) is 0 Å². The number of rotatable bonds is 3. The van der Waals surface area contributed by atoms with Crippen LogP contribution in [-0.2, 0) is 6.42 Å². The summed E-state index contributed by atoms with van der Waals surface area (Å²) in [6, 6.07) is 0.670. The van der Waals surface area contributed by atoms with Crippen LogP contribution in [0.5, 0.6) is 0 Å². The maximum absolute atomic E-state index is 4.56. The number of anilines is 1. The van der Waals surface area contributed by atoms with E-state index in [2.05, 4.69) is 22.6 Å². The van der Waals surface area contributed by atoms with Crippen molar-refractivity contribution in [1.29, 1.82) is 0 Å². The Morgan fingerprint density at radius 1 is 1.33 bits per heavy atom. The molecule has 0 amide bonds. The van der Waals surface area contributed by atoms with Gasteiger partial charge in [-0.2, -0.15) is 0 Å². The van der Waals surface area contributed by atoms with Crippen molar-refractivity contribution >= 4 is 16.5 Å². The van der Waals surface area contributed by atoms with Crippen molar-refractivity contribution in [2.45, 2.75) is 57.9 Å². The zero-order valence-electron chi connectivity index (χ0n) is 9.46. The van der Waals surface area contributed by atoms with Crippen LogP contribution in [0.3, 0.4) is 0 Å². The van der Waals surface area contributed by atoms with E-state index in [1.165, 1.54) is 44.2 Å². The third kappa shape index (κ3) is 3.20. The van der Waals surface area contributed by atoms with E-state index in [4.69, 9.17) is 0 Å². The Balaban J connectivity index is 1.89. The van der Waals surface area contributed by atoms with Crippen LogP contribution in [0.25, 0.3) is 0 Å². The van der Waals surface area contributed by atoms with Crippen molar-refractivity contribution in [3.05, 3.63) is 11.1 Å². The minimum atomic E-state index is 0.670. The molecular formula is C12H20N2S. The molecule has 0 aromatic carbocycles. The van der Waals surface area contributed by atoms with Gasteiger partial charge in [-0.3, -0.25) is 0 Å². The first-order valence-electron chi connectivity index (χ1n) is 6.09. The molecule has 0 bridgehead atoms. The van der Waals surface area contributed by atoms with Crippen molar-refractivity contribution in [2.24, 2.45) is 0 Å². The maximum Gasteiger partial charge on any atom is 0.183 e. The molecule has 84 valence electrons. The zero-order valence-corrected chi connectivity index (χ0v) is 10.3. The largest absolute Gasteiger partial charge is 0.359 e. The number of nitrogens with zero attached hydrogens (tertiary/aromatic N) is 1. The summed E-state index contributed by atoms with van der Waals surface area (Å²) in [5, 5.41) is 6.87. The van der Waals surface area contributed by atoms with Gasteiger partial charge in [0.25, 0.3) is 0 Å². The molecule has 1 N–H and O–H groups in total. The second-order valence-electron chi connectivity index (χ2n) is 4.33. The van der Waals surface area contributed by atoms with Gasteiger partial charge in [0, 0.05) is 11.4 Å². The first kappa shape index (κ1) is 10.9. The minimum absolute atomic E-state index is 0.670. The molecule has 1 fully saturated rings. The lowest BCUT2D eigenvalue weighted by molar-refractivity contribution is 0.619. The van der Waals surface area contributed by atoms with Crippen LogP contribution in [0.4, 0.5) is 5.13 Å². The van der Waals surface area contributed by atoms with E-state index in [0.717, 1.165) is 11.6 Å². The fourth-order valence-corrected chi connectivity index (χ4v) is 3.01. The molecular weight excluding hydrogens is 204 g/mol. The molecule has 3 heteroatoms. The lowest BCUT2D eigenvalue weighted by atomic mass is 10.1. The Labute approximate surface area is 96.1 Å². The van der Waals surface area contributed by atoms with Crippen LogP contribution in [0.2, 0.25) is 0 Å². The smallest absolute Gasteiger partial charge is 0.183 e. The number of aromatic nitrogens is 1. The molecule has 1 aliphatic carbocycles. The fourth-order valence-electron chi connectivity index (χ4n) is 2.13. The fraction of sp³-hybridized carbons (Fsp3) is 0.750. The molecule has 2 rings (SSSR count). The van der Waals surface area contributed by atoms with E-state index >= 15 is 0 Å². The number of hydrogen-bond acceptors (Lipinski definition) is 3. The second kappa shape index (κ2) is 5.50. The lowest BCUT2D eigenvalue weighted by Crippen LogP contribution is -2.17. The normalized spacial score (nSPS) is 18.7. The van der Waals surface area contributed by atoms with Crippen LogP contribution in [0, 0.1) is 0 Å². The first-order valence-corrected chi connectivity index (χ1v) is 6.97. The van der Waals surface area contributed by atoms with Gasteiger partial charge in [0.15, 0.2) is 5.13 Å². The third-order valence-corrected chi connectivity index (χ3v) is 3.92. The van der Waals surface area contributed by atoms with Crippen molar-refractivity contribution in [3.8, 4) is 0 Å². The summed E-state index contributed by atoms with van der Waals surface area (Å²) < 4.78 is 0. The molecule has 0 saturated heterocycles. The molecule has 1 heterocycles. The SMILES string of the molecule is CCc1csc(NC2CCCCCC2)n1. The molecule has 0 spiro atoms. The van der Waals surface area contributed by atoms with Crippen molar-refractivity contribution in [1.82, 2.24) is 4.98 Å². The average molecular weight is 224 g/mol. The van der Waals surface area contributed by atoms with Crippen LogP contribution in [-0.4, -0.2) is 11.0 Å². The van der Waals surface area contributed by atoms with Gasteiger partial charge in [0.2, 0.25) is 0 Å². The van der Waals surface area contributed by atoms with Gasteiger partial charge >= 0.3 is 0 Å². The van der Waals surface area contributed by atoms with Crippen molar-refractivity contribution in [2.75, 3.05) is 5.32 Å². The van der Waals surface area contributed by atoms with E-state index in [9.17, 15) is 0 Å². The van der Waals surface area contributed by atoms with Crippen molar-refractivity contribution < 1.29 is 0 Å². The van der Waals surface area contributed by atoms with Crippen LogP contribution >= 0.6 is 11.3 Å². The molecule has 0 aliphatic heterocycles. The quantitative estimate of drug-likeness (QED) is 0.789. The molecule has 1 aromatic heterocycles. The van der Waals surface area contributed by atoms with Gasteiger partial charge in [0.1, 0.15) is 0 Å². The number of hydrogen-bond donors (Lipinski definition) is 1. The summed E-state index contributed by atoms with van der Waals surface area (Å²) in [5.41, 5.74) is 1.22.